The number of sulfonamides is 1. The van der Waals surface area contributed by atoms with E-state index in [1.165, 1.54) is 18.2 Å². The number of aryl methyl sites for hydroxylation is 2. The molecule has 3 N–H and O–H groups in total. The molecule has 0 saturated carbocycles. The summed E-state index contributed by atoms with van der Waals surface area (Å²) >= 11 is 0. The minimum atomic E-state index is -3.82. The maximum Gasteiger partial charge on any atom is 0.262 e. The number of benzene rings is 4. The van der Waals surface area contributed by atoms with E-state index in [9.17, 15) is 18.6 Å². The van der Waals surface area contributed by atoms with E-state index in [1.807, 2.05) is 37.3 Å². The van der Waals surface area contributed by atoms with Crippen LogP contribution in [0, 0.1) is 13.8 Å². The Morgan fingerprint density at radius 1 is 0.800 bits per heavy atom. The van der Waals surface area contributed by atoms with Gasteiger partial charge in [-0.25, -0.2) is 8.42 Å². The Hall–Kier alpha value is -3.51. The summed E-state index contributed by atoms with van der Waals surface area (Å²) in [6, 6.07) is 20.4. The molecule has 5 nitrogen and oxygen atoms in total. The van der Waals surface area contributed by atoms with Gasteiger partial charge in [0.05, 0.1) is 4.90 Å². The van der Waals surface area contributed by atoms with Gasteiger partial charge >= 0.3 is 0 Å². The summed E-state index contributed by atoms with van der Waals surface area (Å²) in [4.78, 5) is 0.190. The summed E-state index contributed by atoms with van der Waals surface area (Å²) in [5.74, 6) is -0.0606. The van der Waals surface area contributed by atoms with Crippen LogP contribution < -0.4 is 4.72 Å². The molecule has 6 heteroatoms. The van der Waals surface area contributed by atoms with E-state index < -0.39 is 10.0 Å². The molecule has 0 bridgehead atoms. The zero-order valence-corrected chi connectivity index (χ0v) is 17.4. The van der Waals surface area contributed by atoms with Gasteiger partial charge in [0.15, 0.2) is 0 Å². The molecule has 0 aliphatic heterocycles. The molecule has 0 spiro atoms. The third-order valence-corrected chi connectivity index (χ3v) is 6.59. The van der Waals surface area contributed by atoms with Crippen molar-refractivity contribution < 1.29 is 18.6 Å². The van der Waals surface area contributed by atoms with Gasteiger partial charge in [-0.15, -0.1) is 0 Å². The fourth-order valence-corrected chi connectivity index (χ4v) is 4.93. The van der Waals surface area contributed by atoms with Crippen molar-refractivity contribution in [3.63, 3.8) is 0 Å². The molecule has 152 valence electrons. The molecule has 4 aromatic rings. The number of anilines is 1. The molecule has 0 aliphatic rings. The van der Waals surface area contributed by atoms with E-state index in [1.54, 1.807) is 31.2 Å². The predicted molar refractivity (Wildman–Crippen MR) is 119 cm³/mol. The minimum absolute atomic E-state index is 0.00149. The van der Waals surface area contributed by atoms with E-state index in [0.29, 0.717) is 16.7 Å². The maximum absolute atomic E-state index is 12.9. The molecular formula is C24H21NO4S. The topological polar surface area (TPSA) is 86.6 Å². The summed E-state index contributed by atoms with van der Waals surface area (Å²) < 4.78 is 28.4. The van der Waals surface area contributed by atoms with Crippen molar-refractivity contribution >= 4 is 26.5 Å². The minimum Gasteiger partial charge on any atom is -0.507 e. The lowest BCUT2D eigenvalue weighted by atomic mass is 9.96. The molecule has 0 atom stereocenters. The van der Waals surface area contributed by atoms with Crippen LogP contribution >= 0.6 is 0 Å². The zero-order valence-electron chi connectivity index (χ0n) is 16.5. The van der Waals surface area contributed by atoms with E-state index >= 15 is 0 Å². The summed E-state index contributed by atoms with van der Waals surface area (Å²) in [5.41, 5.74) is 2.69. The van der Waals surface area contributed by atoms with Gasteiger partial charge in [-0.2, -0.15) is 0 Å². The van der Waals surface area contributed by atoms with Gasteiger partial charge in [0.2, 0.25) is 0 Å². The van der Waals surface area contributed by atoms with Crippen molar-refractivity contribution in [2.45, 2.75) is 18.7 Å². The Labute approximate surface area is 175 Å². The Bertz CT molecular complexity index is 1380. The number of rotatable bonds is 4. The molecule has 0 radical (unpaired) electrons. The third-order valence-electron chi connectivity index (χ3n) is 5.05. The molecule has 30 heavy (non-hydrogen) atoms. The first kappa shape index (κ1) is 19.8. The Morgan fingerprint density at radius 3 is 2.30 bits per heavy atom. The van der Waals surface area contributed by atoms with Crippen LogP contribution in [-0.2, 0) is 10.0 Å². The number of phenolic OH excluding ortho intramolecular Hbond substituents is 2. The first-order chi connectivity index (χ1) is 14.3. The average Bonchev–Trinajstić information content (AvgIpc) is 2.69. The molecule has 0 fully saturated rings. The van der Waals surface area contributed by atoms with Crippen LogP contribution in [0.2, 0.25) is 0 Å². The van der Waals surface area contributed by atoms with Crippen LogP contribution in [0.1, 0.15) is 11.1 Å². The van der Waals surface area contributed by atoms with Crippen molar-refractivity contribution in [1.29, 1.82) is 0 Å². The molecule has 0 unspecified atom stereocenters. The molecule has 4 rings (SSSR count). The summed E-state index contributed by atoms with van der Waals surface area (Å²) in [6.07, 6.45) is 0. The molecule has 0 saturated heterocycles. The molecule has 4 aromatic carbocycles. The lowest BCUT2D eigenvalue weighted by molar-refractivity contribution is 0.470. The predicted octanol–water partition coefficient (Wildman–Crippen LogP) is 5.34. The van der Waals surface area contributed by atoms with Gasteiger partial charge in [-0.05, 0) is 60.5 Å². The number of phenols is 2. The SMILES string of the molecule is Cc1ccc(S(=O)(=O)Nc2ccc(O)c(-c3c(O)ccc4ccccc34)c2)c(C)c1. The Balaban J connectivity index is 1.81. The van der Waals surface area contributed by atoms with Crippen LogP contribution in [0.5, 0.6) is 11.5 Å². The fraction of sp³-hybridized carbons (Fsp3) is 0.0833. The Morgan fingerprint density at radius 2 is 1.53 bits per heavy atom. The summed E-state index contributed by atoms with van der Waals surface area (Å²) in [6.45, 7) is 3.65. The lowest BCUT2D eigenvalue weighted by Crippen LogP contribution is -2.14. The van der Waals surface area contributed by atoms with Crippen molar-refractivity contribution in [2.75, 3.05) is 4.72 Å². The fourth-order valence-electron chi connectivity index (χ4n) is 3.65. The van der Waals surface area contributed by atoms with Crippen molar-refractivity contribution in [3.05, 3.63) is 83.9 Å². The van der Waals surface area contributed by atoms with E-state index in [2.05, 4.69) is 4.72 Å². The van der Waals surface area contributed by atoms with Crippen LogP contribution in [0.25, 0.3) is 21.9 Å². The number of hydrogen-bond acceptors (Lipinski definition) is 4. The maximum atomic E-state index is 12.9. The van der Waals surface area contributed by atoms with Gasteiger partial charge in [-0.3, -0.25) is 4.72 Å². The van der Waals surface area contributed by atoms with Crippen molar-refractivity contribution in [3.8, 4) is 22.6 Å². The first-order valence-electron chi connectivity index (χ1n) is 9.40. The normalized spacial score (nSPS) is 11.5. The first-order valence-corrected chi connectivity index (χ1v) is 10.9. The number of aromatic hydroxyl groups is 2. The molecule has 0 heterocycles. The largest absolute Gasteiger partial charge is 0.507 e. The van der Waals surface area contributed by atoms with Gasteiger partial charge in [-0.1, -0.05) is 48.0 Å². The second kappa shape index (κ2) is 7.39. The summed E-state index contributed by atoms with van der Waals surface area (Å²) in [7, 11) is -3.82. The van der Waals surface area contributed by atoms with E-state index in [0.717, 1.165) is 16.3 Å². The molecular weight excluding hydrogens is 398 g/mol. The summed E-state index contributed by atoms with van der Waals surface area (Å²) in [5, 5.41) is 22.6. The van der Waals surface area contributed by atoms with Crippen molar-refractivity contribution in [2.24, 2.45) is 0 Å². The molecule has 0 aliphatic carbocycles. The van der Waals surface area contributed by atoms with Crippen LogP contribution in [0.15, 0.2) is 77.7 Å². The number of fused-ring (bicyclic) bond motifs is 1. The highest BCUT2D eigenvalue weighted by Crippen LogP contribution is 2.42. The number of hydrogen-bond donors (Lipinski definition) is 3. The lowest BCUT2D eigenvalue weighted by Gasteiger charge is -2.15. The Kier molecular flexibility index (Phi) is 4.87. The van der Waals surface area contributed by atoms with Crippen LogP contribution in [0.4, 0.5) is 5.69 Å². The van der Waals surface area contributed by atoms with Crippen molar-refractivity contribution in [1.82, 2.24) is 0 Å². The third kappa shape index (κ3) is 3.57. The quantitative estimate of drug-likeness (QED) is 0.390. The van der Waals surface area contributed by atoms with Gasteiger partial charge in [0.1, 0.15) is 11.5 Å². The second-order valence-electron chi connectivity index (χ2n) is 7.29. The van der Waals surface area contributed by atoms with Crippen LogP contribution in [-0.4, -0.2) is 18.6 Å². The van der Waals surface area contributed by atoms with E-state index in [-0.39, 0.29) is 22.1 Å². The van der Waals surface area contributed by atoms with Gasteiger partial charge < -0.3 is 10.2 Å². The standard InChI is InChI=1S/C24H21NO4S/c1-15-7-12-23(16(2)13-15)30(28,29)25-18-9-11-21(26)20(14-18)24-19-6-4-3-5-17(19)8-10-22(24)27/h3-14,25-27H,1-2H3. The smallest absolute Gasteiger partial charge is 0.262 e. The zero-order chi connectivity index (χ0) is 21.5. The average molecular weight is 420 g/mol. The highest BCUT2D eigenvalue weighted by molar-refractivity contribution is 7.92. The highest BCUT2D eigenvalue weighted by atomic mass is 32.2. The van der Waals surface area contributed by atoms with Gasteiger partial charge in [0, 0.05) is 16.8 Å². The number of nitrogens with one attached hydrogen (secondary N) is 1. The van der Waals surface area contributed by atoms with Crippen LogP contribution in [0.3, 0.4) is 0 Å². The van der Waals surface area contributed by atoms with Gasteiger partial charge in [0.25, 0.3) is 10.0 Å². The second-order valence-corrected chi connectivity index (χ2v) is 8.94. The molecule has 0 aromatic heterocycles. The monoisotopic (exact) mass is 419 g/mol. The highest BCUT2D eigenvalue weighted by Gasteiger charge is 2.19. The van der Waals surface area contributed by atoms with E-state index in [4.69, 9.17) is 0 Å². The molecule has 0 amide bonds.